The first-order valence-electron chi connectivity index (χ1n) is 6.54. The fraction of sp³-hybridized carbons (Fsp3) is 0.133. The Balaban J connectivity index is 2.23. The lowest BCUT2D eigenvalue weighted by Gasteiger charge is -2.07. The number of thioether (sulfide) groups is 1. The van der Waals surface area contributed by atoms with Gasteiger partial charge in [0.1, 0.15) is 23.1 Å². The van der Waals surface area contributed by atoms with E-state index in [0.717, 1.165) is 21.8 Å². The third-order valence-electron chi connectivity index (χ3n) is 2.60. The van der Waals surface area contributed by atoms with Gasteiger partial charge in [0.2, 0.25) is 5.16 Å². The molecule has 0 fully saturated rings. The van der Waals surface area contributed by atoms with Crippen LogP contribution in [0.3, 0.4) is 0 Å². The number of carboxylic acid groups (broad SMARTS) is 1. The van der Waals surface area contributed by atoms with Crippen molar-refractivity contribution in [2.75, 3.05) is 6.61 Å². The second-order valence-corrected chi connectivity index (χ2v) is 6.27. The van der Waals surface area contributed by atoms with Crippen LogP contribution in [0.15, 0.2) is 45.4 Å². The lowest BCUT2D eigenvalue weighted by Crippen LogP contribution is -1.98. The third kappa shape index (κ3) is 4.97. The number of hydrogen-bond acceptors (Lipinski definition) is 5. The number of H-pyrrole nitrogens is 1. The Hall–Kier alpha value is -2.06. The first-order valence-corrected chi connectivity index (χ1v) is 8.15. The van der Waals surface area contributed by atoms with Gasteiger partial charge in [-0.25, -0.2) is 9.78 Å². The molecule has 23 heavy (non-hydrogen) atoms. The van der Waals surface area contributed by atoms with Crippen LogP contribution in [0.2, 0.25) is 0 Å². The number of aromatic amines is 1. The second kappa shape index (κ2) is 7.98. The van der Waals surface area contributed by atoms with Crippen LogP contribution in [-0.4, -0.2) is 32.9 Å². The Morgan fingerprint density at radius 3 is 2.91 bits per heavy atom. The molecule has 0 saturated carbocycles. The minimum Gasteiger partial charge on any atom is -0.488 e. The van der Waals surface area contributed by atoms with Crippen molar-refractivity contribution < 1.29 is 14.6 Å². The van der Waals surface area contributed by atoms with E-state index in [4.69, 9.17) is 4.74 Å². The van der Waals surface area contributed by atoms with Gasteiger partial charge in [0.25, 0.3) is 0 Å². The summed E-state index contributed by atoms with van der Waals surface area (Å²) in [6, 6.07) is 5.32. The first kappa shape index (κ1) is 17.3. The maximum absolute atomic E-state index is 11.4. The molecule has 0 radical (unpaired) electrons. The van der Waals surface area contributed by atoms with Gasteiger partial charge in [-0.2, -0.15) is 0 Å². The lowest BCUT2D eigenvalue weighted by molar-refractivity contribution is -0.131. The summed E-state index contributed by atoms with van der Waals surface area (Å²) in [5.74, 6) is 0.250. The minimum absolute atomic E-state index is 0.121. The molecule has 0 unspecified atom stereocenters. The van der Waals surface area contributed by atoms with Crippen molar-refractivity contribution in [3.8, 4) is 5.75 Å². The van der Waals surface area contributed by atoms with Gasteiger partial charge in [0.05, 0.1) is 4.47 Å². The molecule has 0 aliphatic rings. The van der Waals surface area contributed by atoms with Gasteiger partial charge in [-0.05, 0) is 58.4 Å². The van der Waals surface area contributed by atoms with Crippen molar-refractivity contribution in [1.29, 1.82) is 0 Å². The number of nitrogens with zero attached hydrogens (tertiary/aromatic N) is 2. The molecule has 1 aromatic heterocycles. The standard InChI is InChI=1S/C15H14BrN3O3S/c1-3-6-22-12-5-4-10(7-11(12)16)8-13(14(20)21)23-15-17-9(2)18-19-15/h3-5,7-8H,1,6H2,2H3,(H,20,21)(H,17,18,19)/b13-8-. The van der Waals surface area contributed by atoms with E-state index in [2.05, 4.69) is 37.7 Å². The van der Waals surface area contributed by atoms with Crippen LogP contribution < -0.4 is 4.74 Å². The monoisotopic (exact) mass is 395 g/mol. The predicted octanol–water partition coefficient (Wildman–Crippen LogP) is 3.66. The number of aromatic nitrogens is 3. The molecular formula is C15H14BrN3O3S. The maximum atomic E-state index is 11.4. The zero-order valence-electron chi connectivity index (χ0n) is 12.2. The normalized spacial score (nSPS) is 11.3. The van der Waals surface area contributed by atoms with Crippen LogP contribution in [0.25, 0.3) is 6.08 Å². The summed E-state index contributed by atoms with van der Waals surface area (Å²) >= 11 is 4.39. The Morgan fingerprint density at radius 1 is 1.57 bits per heavy atom. The van der Waals surface area contributed by atoms with E-state index in [0.29, 0.717) is 23.3 Å². The lowest BCUT2D eigenvalue weighted by atomic mass is 10.2. The van der Waals surface area contributed by atoms with Crippen molar-refractivity contribution in [2.45, 2.75) is 12.1 Å². The summed E-state index contributed by atoms with van der Waals surface area (Å²) in [6.45, 7) is 5.74. The van der Waals surface area contributed by atoms with Crippen LogP contribution in [0.5, 0.6) is 5.75 Å². The Morgan fingerprint density at radius 2 is 2.35 bits per heavy atom. The molecule has 1 aromatic carbocycles. The van der Waals surface area contributed by atoms with Gasteiger partial charge in [0, 0.05) is 0 Å². The highest BCUT2D eigenvalue weighted by atomic mass is 79.9. The molecule has 0 amide bonds. The highest BCUT2D eigenvalue weighted by Crippen LogP contribution is 2.30. The van der Waals surface area contributed by atoms with E-state index in [9.17, 15) is 9.90 Å². The zero-order chi connectivity index (χ0) is 16.8. The van der Waals surface area contributed by atoms with Gasteiger partial charge < -0.3 is 9.84 Å². The fourth-order valence-electron chi connectivity index (χ4n) is 1.63. The summed E-state index contributed by atoms with van der Waals surface area (Å²) in [5, 5.41) is 16.3. The number of nitrogens with one attached hydrogen (secondary N) is 1. The highest BCUT2D eigenvalue weighted by Gasteiger charge is 2.13. The molecule has 120 valence electrons. The average Bonchev–Trinajstić information content (AvgIpc) is 2.91. The van der Waals surface area contributed by atoms with Gasteiger partial charge in [-0.3, -0.25) is 5.10 Å². The van der Waals surface area contributed by atoms with E-state index in [1.807, 2.05) is 0 Å². The van der Waals surface area contributed by atoms with Crippen LogP contribution >= 0.6 is 27.7 Å². The summed E-state index contributed by atoms with van der Waals surface area (Å²) in [7, 11) is 0. The fourth-order valence-corrected chi connectivity index (χ4v) is 2.89. The Kier molecular flexibility index (Phi) is 6.00. The average molecular weight is 396 g/mol. The molecule has 0 saturated heterocycles. The Bertz CT molecular complexity index is 758. The SMILES string of the molecule is C=CCOc1ccc(/C=C(\Sc2n[nH]c(C)n2)C(=O)O)cc1Br. The van der Waals surface area contributed by atoms with Gasteiger partial charge >= 0.3 is 5.97 Å². The van der Waals surface area contributed by atoms with Gasteiger partial charge in [-0.15, -0.1) is 5.10 Å². The zero-order valence-corrected chi connectivity index (χ0v) is 14.6. The minimum atomic E-state index is -1.04. The number of benzene rings is 1. The van der Waals surface area contributed by atoms with E-state index in [1.165, 1.54) is 0 Å². The predicted molar refractivity (Wildman–Crippen MR) is 92.4 cm³/mol. The van der Waals surface area contributed by atoms with Crippen molar-refractivity contribution in [3.63, 3.8) is 0 Å². The molecule has 1 heterocycles. The van der Waals surface area contributed by atoms with Crippen molar-refractivity contribution in [3.05, 3.63) is 51.6 Å². The maximum Gasteiger partial charge on any atom is 0.342 e. The van der Waals surface area contributed by atoms with E-state index < -0.39 is 5.97 Å². The van der Waals surface area contributed by atoms with Crippen LogP contribution in [0.1, 0.15) is 11.4 Å². The number of halogens is 1. The molecule has 2 N–H and O–H groups in total. The largest absolute Gasteiger partial charge is 0.488 e. The van der Waals surface area contributed by atoms with Crippen LogP contribution in [-0.2, 0) is 4.79 Å². The number of rotatable bonds is 7. The van der Waals surface area contributed by atoms with Gasteiger partial charge in [-0.1, -0.05) is 18.7 Å². The quantitative estimate of drug-likeness (QED) is 0.422. The summed E-state index contributed by atoms with van der Waals surface area (Å²) < 4.78 is 6.19. The number of hydrogen-bond donors (Lipinski definition) is 2. The molecule has 2 rings (SSSR count). The third-order valence-corrected chi connectivity index (χ3v) is 4.10. The van der Waals surface area contributed by atoms with Crippen LogP contribution in [0, 0.1) is 6.92 Å². The molecule has 0 aliphatic carbocycles. The molecular weight excluding hydrogens is 382 g/mol. The number of aryl methyl sites for hydroxylation is 1. The highest BCUT2D eigenvalue weighted by molar-refractivity contribution is 9.10. The topological polar surface area (TPSA) is 88.1 Å². The van der Waals surface area contributed by atoms with E-state index in [1.54, 1.807) is 37.3 Å². The summed E-state index contributed by atoms with van der Waals surface area (Å²) in [4.78, 5) is 15.6. The number of aliphatic carboxylic acids is 1. The molecule has 0 spiro atoms. The molecule has 2 aromatic rings. The first-order chi connectivity index (χ1) is 11.0. The molecule has 0 atom stereocenters. The summed E-state index contributed by atoms with van der Waals surface area (Å²) in [5.41, 5.74) is 0.722. The smallest absolute Gasteiger partial charge is 0.342 e. The number of ether oxygens (including phenoxy) is 1. The van der Waals surface area contributed by atoms with Crippen LogP contribution in [0.4, 0.5) is 0 Å². The molecule has 6 nitrogen and oxygen atoms in total. The molecule has 0 bridgehead atoms. The van der Waals surface area contributed by atoms with Crippen molar-refractivity contribution in [1.82, 2.24) is 15.2 Å². The second-order valence-electron chi connectivity index (χ2n) is 4.41. The number of carbonyl (C=O) groups is 1. The summed E-state index contributed by atoms with van der Waals surface area (Å²) in [6.07, 6.45) is 3.21. The van der Waals surface area contributed by atoms with E-state index >= 15 is 0 Å². The molecule has 8 heteroatoms. The van der Waals surface area contributed by atoms with E-state index in [-0.39, 0.29) is 4.91 Å². The number of carboxylic acids is 1. The molecule has 0 aliphatic heterocycles. The van der Waals surface area contributed by atoms with Crippen molar-refractivity contribution >= 4 is 39.7 Å². The van der Waals surface area contributed by atoms with Gasteiger partial charge in [0.15, 0.2) is 0 Å². The Labute approximate surface area is 145 Å². The van der Waals surface area contributed by atoms with Crippen molar-refractivity contribution in [2.24, 2.45) is 0 Å².